The van der Waals surface area contributed by atoms with Crippen LogP contribution in [0, 0.1) is 0 Å². The molecule has 5 rings (SSSR count). The molecule has 148 valence electrons. The highest BCUT2D eigenvalue weighted by atomic mass is 16.5. The second-order valence-electron chi connectivity index (χ2n) is 7.84. The summed E-state index contributed by atoms with van der Waals surface area (Å²) in [5.41, 5.74) is 3.30. The molecule has 1 N–H and O–H groups in total. The van der Waals surface area contributed by atoms with E-state index in [1.54, 1.807) is 0 Å². The molecule has 1 heterocycles. The van der Waals surface area contributed by atoms with Crippen molar-refractivity contribution in [2.45, 2.75) is 24.0 Å². The highest BCUT2D eigenvalue weighted by Crippen LogP contribution is 2.50. The van der Waals surface area contributed by atoms with E-state index in [0.29, 0.717) is 6.42 Å². The fourth-order valence-corrected chi connectivity index (χ4v) is 4.73. The van der Waals surface area contributed by atoms with Crippen molar-refractivity contribution in [2.75, 3.05) is 0 Å². The van der Waals surface area contributed by atoms with Crippen molar-refractivity contribution in [1.82, 2.24) is 0 Å². The van der Waals surface area contributed by atoms with Crippen molar-refractivity contribution >= 4 is 0 Å². The van der Waals surface area contributed by atoms with Gasteiger partial charge in [-0.3, -0.25) is 0 Å². The quantitative estimate of drug-likeness (QED) is 0.482. The fraction of sp³-hybridized carbons (Fsp3) is 0.143. The van der Waals surface area contributed by atoms with Gasteiger partial charge in [-0.2, -0.15) is 0 Å². The summed E-state index contributed by atoms with van der Waals surface area (Å²) in [6, 6.07) is 38.9. The Kier molecular flexibility index (Phi) is 4.86. The molecule has 4 aromatic carbocycles. The van der Waals surface area contributed by atoms with Gasteiger partial charge in [-0.25, -0.2) is 0 Å². The summed E-state index contributed by atoms with van der Waals surface area (Å²) < 4.78 is 6.84. The summed E-state index contributed by atoms with van der Waals surface area (Å²) in [5.74, 6) is 0.661. The van der Waals surface area contributed by atoms with Gasteiger partial charge in [-0.1, -0.05) is 109 Å². The van der Waals surface area contributed by atoms with Crippen LogP contribution in [0.5, 0.6) is 5.75 Å². The molecule has 4 aromatic rings. The van der Waals surface area contributed by atoms with Crippen LogP contribution in [0.4, 0.5) is 0 Å². The van der Waals surface area contributed by atoms with Gasteiger partial charge in [0.25, 0.3) is 0 Å². The molecule has 2 heteroatoms. The minimum atomic E-state index is -0.946. The van der Waals surface area contributed by atoms with E-state index in [0.717, 1.165) is 28.0 Å². The van der Waals surface area contributed by atoms with Crippen LogP contribution in [0.3, 0.4) is 0 Å². The van der Waals surface area contributed by atoms with Gasteiger partial charge in [0.05, 0.1) is 5.92 Å². The van der Waals surface area contributed by atoms with E-state index in [9.17, 15) is 5.11 Å². The van der Waals surface area contributed by atoms with E-state index in [-0.39, 0.29) is 5.92 Å². The van der Waals surface area contributed by atoms with Gasteiger partial charge in [-0.15, -0.1) is 0 Å². The van der Waals surface area contributed by atoms with Gasteiger partial charge in [-0.05, 0) is 28.3 Å². The Morgan fingerprint density at radius 1 is 0.667 bits per heavy atom. The van der Waals surface area contributed by atoms with Crippen LogP contribution in [0.1, 0.15) is 28.2 Å². The molecule has 0 saturated heterocycles. The lowest BCUT2D eigenvalue weighted by Crippen LogP contribution is -2.53. The average molecular weight is 392 g/mol. The number of para-hydroxylation sites is 1. The first-order valence-electron chi connectivity index (χ1n) is 10.4. The molecular formula is C28H24O2. The zero-order valence-corrected chi connectivity index (χ0v) is 16.7. The van der Waals surface area contributed by atoms with Gasteiger partial charge in [0.2, 0.25) is 0 Å². The summed E-state index contributed by atoms with van der Waals surface area (Å²) in [6.45, 7) is 0. The number of aliphatic hydroxyl groups is 1. The van der Waals surface area contributed by atoms with Crippen molar-refractivity contribution in [1.29, 1.82) is 0 Å². The van der Waals surface area contributed by atoms with E-state index in [2.05, 4.69) is 36.4 Å². The number of ether oxygens (including phenoxy) is 1. The second kappa shape index (κ2) is 7.81. The third kappa shape index (κ3) is 3.10. The monoisotopic (exact) mass is 392 g/mol. The molecule has 2 nitrogen and oxygen atoms in total. The topological polar surface area (TPSA) is 29.5 Å². The van der Waals surface area contributed by atoms with Crippen molar-refractivity contribution in [3.05, 3.63) is 138 Å². The largest absolute Gasteiger partial charge is 0.479 e. The number of hydrogen-bond acceptors (Lipinski definition) is 2. The Labute approximate surface area is 177 Å². The summed E-state index contributed by atoms with van der Waals surface area (Å²) in [5, 5.41) is 11.7. The predicted octanol–water partition coefficient (Wildman–Crippen LogP) is 5.71. The van der Waals surface area contributed by atoms with Gasteiger partial charge >= 0.3 is 0 Å². The number of hydrogen-bond donors (Lipinski definition) is 1. The summed E-state index contributed by atoms with van der Waals surface area (Å²) >= 11 is 0. The molecule has 0 spiro atoms. The van der Waals surface area contributed by atoms with Crippen LogP contribution in [-0.4, -0.2) is 11.2 Å². The van der Waals surface area contributed by atoms with Gasteiger partial charge < -0.3 is 9.84 Å². The van der Waals surface area contributed by atoms with Crippen molar-refractivity contribution in [3.8, 4) is 5.75 Å². The third-order valence-corrected chi connectivity index (χ3v) is 6.08. The Morgan fingerprint density at radius 2 is 1.17 bits per heavy atom. The van der Waals surface area contributed by atoms with E-state index < -0.39 is 11.7 Å². The van der Waals surface area contributed by atoms with Crippen LogP contribution in [-0.2, 0) is 12.0 Å². The van der Waals surface area contributed by atoms with E-state index in [1.165, 1.54) is 0 Å². The van der Waals surface area contributed by atoms with Gasteiger partial charge in [0.15, 0.2) is 5.60 Å². The SMILES string of the molecule is OC1Cc2ccccc2OC1(c1ccccc1)C(c1ccccc1)c1ccccc1. The maximum atomic E-state index is 11.7. The standard InChI is InChI=1S/C28H24O2/c29-26-20-23-16-10-11-19-25(23)30-28(26,24-17-8-3-9-18-24)27(21-12-4-1-5-13-21)22-14-6-2-7-15-22/h1-19,26-27,29H,20H2. The average Bonchev–Trinajstić information content (AvgIpc) is 2.81. The first-order chi connectivity index (χ1) is 14.8. The first-order valence-corrected chi connectivity index (χ1v) is 10.4. The van der Waals surface area contributed by atoms with Crippen molar-refractivity contribution in [2.24, 2.45) is 0 Å². The number of benzene rings is 4. The maximum absolute atomic E-state index is 11.7. The van der Waals surface area contributed by atoms with Gasteiger partial charge in [0.1, 0.15) is 11.9 Å². The first kappa shape index (κ1) is 18.7. The minimum Gasteiger partial charge on any atom is -0.479 e. The summed E-state index contributed by atoms with van der Waals surface area (Å²) in [7, 11) is 0. The lowest BCUT2D eigenvalue weighted by Gasteiger charge is -2.48. The highest BCUT2D eigenvalue weighted by Gasteiger charge is 2.52. The molecule has 1 aliphatic rings. The summed E-state index contributed by atoms with van der Waals surface area (Å²) in [4.78, 5) is 0. The molecular weight excluding hydrogens is 368 g/mol. The van der Waals surface area contributed by atoms with Crippen LogP contribution >= 0.6 is 0 Å². The van der Waals surface area contributed by atoms with E-state index in [1.807, 2.05) is 78.9 Å². The molecule has 2 unspecified atom stereocenters. The lowest BCUT2D eigenvalue weighted by molar-refractivity contribution is -0.0834. The molecule has 1 aliphatic heterocycles. The molecule has 0 aliphatic carbocycles. The smallest absolute Gasteiger partial charge is 0.171 e. The van der Waals surface area contributed by atoms with E-state index in [4.69, 9.17) is 4.74 Å². The number of fused-ring (bicyclic) bond motifs is 1. The normalized spacial score (nSPS) is 20.4. The van der Waals surface area contributed by atoms with Crippen LogP contribution in [0.15, 0.2) is 115 Å². The molecule has 0 aromatic heterocycles. The van der Waals surface area contributed by atoms with Crippen molar-refractivity contribution < 1.29 is 9.84 Å². The Balaban J connectivity index is 1.79. The Bertz CT molecular complexity index is 1070. The maximum Gasteiger partial charge on any atom is 0.171 e. The van der Waals surface area contributed by atoms with Crippen molar-refractivity contribution in [3.63, 3.8) is 0 Å². The van der Waals surface area contributed by atoms with Crippen LogP contribution < -0.4 is 4.74 Å². The Morgan fingerprint density at radius 3 is 1.77 bits per heavy atom. The fourth-order valence-electron chi connectivity index (χ4n) is 4.73. The van der Waals surface area contributed by atoms with E-state index >= 15 is 0 Å². The number of rotatable bonds is 4. The molecule has 0 fully saturated rings. The molecule has 0 saturated carbocycles. The Hall–Kier alpha value is -3.36. The zero-order chi connectivity index (χ0) is 20.4. The van der Waals surface area contributed by atoms with Gasteiger partial charge in [0, 0.05) is 6.42 Å². The molecule has 30 heavy (non-hydrogen) atoms. The van der Waals surface area contributed by atoms with Crippen LogP contribution in [0.2, 0.25) is 0 Å². The molecule has 0 bridgehead atoms. The highest BCUT2D eigenvalue weighted by molar-refractivity contribution is 5.47. The molecule has 0 radical (unpaired) electrons. The third-order valence-electron chi connectivity index (χ3n) is 6.08. The summed E-state index contributed by atoms with van der Waals surface area (Å²) in [6.07, 6.45) is -0.165. The minimum absolute atomic E-state index is 0.175. The number of aliphatic hydroxyl groups excluding tert-OH is 1. The predicted molar refractivity (Wildman–Crippen MR) is 120 cm³/mol. The lowest BCUT2D eigenvalue weighted by atomic mass is 9.68. The molecule has 2 atom stereocenters. The molecule has 0 amide bonds. The van der Waals surface area contributed by atoms with Crippen LogP contribution in [0.25, 0.3) is 0 Å². The second-order valence-corrected chi connectivity index (χ2v) is 7.84. The zero-order valence-electron chi connectivity index (χ0n) is 16.7.